The van der Waals surface area contributed by atoms with Crippen molar-refractivity contribution >= 4 is 15.9 Å². The highest BCUT2D eigenvalue weighted by Crippen LogP contribution is 2.43. The molecule has 19 heavy (non-hydrogen) atoms. The predicted molar refractivity (Wildman–Crippen MR) is 80.4 cm³/mol. The summed E-state index contributed by atoms with van der Waals surface area (Å²) in [6, 6.07) is 6.80. The van der Waals surface area contributed by atoms with Crippen LogP contribution in [-0.2, 0) is 0 Å². The Hall–Kier alpha value is -0.580. The molecule has 2 aliphatic rings. The van der Waals surface area contributed by atoms with Crippen molar-refractivity contribution in [2.75, 3.05) is 13.1 Å². The van der Waals surface area contributed by atoms with Gasteiger partial charge in [-0.1, -0.05) is 15.9 Å². The molecule has 104 valence electrons. The molecular weight excluding hydrogens is 304 g/mol. The van der Waals surface area contributed by atoms with E-state index >= 15 is 0 Å². The van der Waals surface area contributed by atoms with Crippen molar-refractivity contribution in [1.82, 2.24) is 4.90 Å². The molecule has 3 nitrogen and oxygen atoms in total. The monoisotopic (exact) mass is 324 g/mol. The molecule has 2 atom stereocenters. The summed E-state index contributed by atoms with van der Waals surface area (Å²) in [5.74, 6) is 0.965. The van der Waals surface area contributed by atoms with Gasteiger partial charge in [0.25, 0.3) is 0 Å². The van der Waals surface area contributed by atoms with Crippen molar-refractivity contribution < 1.29 is 4.74 Å². The minimum absolute atomic E-state index is 0.0772. The number of rotatable bonds is 1. The van der Waals surface area contributed by atoms with Gasteiger partial charge in [0.2, 0.25) is 0 Å². The van der Waals surface area contributed by atoms with E-state index in [1.54, 1.807) is 0 Å². The molecule has 0 bridgehead atoms. The topological polar surface area (TPSA) is 38.5 Å². The number of fused-ring (bicyclic) bond motifs is 1. The summed E-state index contributed by atoms with van der Waals surface area (Å²) in [6.45, 7) is 6.59. The number of ether oxygens (including phenoxy) is 1. The van der Waals surface area contributed by atoms with Crippen molar-refractivity contribution in [2.24, 2.45) is 5.73 Å². The minimum Gasteiger partial charge on any atom is -0.485 e. The van der Waals surface area contributed by atoms with Gasteiger partial charge in [-0.15, -0.1) is 0 Å². The number of likely N-dealkylation sites (tertiary alicyclic amines) is 1. The van der Waals surface area contributed by atoms with Gasteiger partial charge in [0.15, 0.2) is 0 Å². The predicted octanol–water partition coefficient (Wildman–Crippen LogP) is 3.08. The molecule has 1 spiro atoms. The minimum atomic E-state index is -0.0789. The molecule has 0 aromatic heterocycles. The van der Waals surface area contributed by atoms with Gasteiger partial charge in [-0.3, -0.25) is 4.90 Å². The van der Waals surface area contributed by atoms with E-state index in [9.17, 15) is 0 Å². The zero-order valence-corrected chi connectivity index (χ0v) is 13.1. The first-order valence-electron chi connectivity index (χ1n) is 6.97. The molecule has 3 rings (SSSR count). The summed E-state index contributed by atoms with van der Waals surface area (Å²) in [7, 11) is 0. The second-order valence-corrected chi connectivity index (χ2v) is 7.01. The Bertz CT molecular complexity index is 491. The van der Waals surface area contributed by atoms with E-state index in [4.69, 9.17) is 10.5 Å². The Labute approximate surface area is 123 Å². The van der Waals surface area contributed by atoms with E-state index < -0.39 is 0 Å². The molecule has 2 N–H and O–H groups in total. The Kier molecular flexibility index (Phi) is 3.36. The van der Waals surface area contributed by atoms with Crippen LogP contribution in [0.4, 0.5) is 0 Å². The molecule has 2 heterocycles. The third-order valence-corrected chi connectivity index (χ3v) is 4.86. The second kappa shape index (κ2) is 4.76. The molecule has 1 saturated heterocycles. The highest BCUT2D eigenvalue weighted by molar-refractivity contribution is 9.10. The van der Waals surface area contributed by atoms with E-state index in [1.807, 2.05) is 12.1 Å². The van der Waals surface area contributed by atoms with Gasteiger partial charge in [-0.25, -0.2) is 0 Å². The second-order valence-electron chi connectivity index (χ2n) is 6.09. The maximum absolute atomic E-state index is 6.37. The van der Waals surface area contributed by atoms with Gasteiger partial charge >= 0.3 is 0 Å². The highest BCUT2D eigenvalue weighted by Gasteiger charge is 2.45. The van der Waals surface area contributed by atoms with Crippen LogP contribution in [0.15, 0.2) is 22.7 Å². The number of hydrogen-bond donors (Lipinski definition) is 1. The summed E-state index contributed by atoms with van der Waals surface area (Å²) < 4.78 is 7.41. The van der Waals surface area contributed by atoms with Crippen molar-refractivity contribution in [3.05, 3.63) is 28.2 Å². The smallest absolute Gasteiger partial charge is 0.125 e. The zero-order valence-electron chi connectivity index (χ0n) is 11.5. The summed E-state index contributed by atoms with van der Waals surface area (Å²) in [5.41, 5.74) is 7.42. The van der Waals surface area contributed by atoms with Crippen LogP contribution >= 0.6 is 15.9 Å². The van der Waals surface area contributed by atoms with E-state index in [-0.39, 0.29) is 11.6 Å². The van der Waals surface area contributed by atoms with Crippen LogP contribution in [0, 0.1) is 0 Å². The van der Waals surface area contributed by atoms with E-state index in [1.165, 1.54) is 0 Å². The lowest BCUT2D eigenvalue weighted by molar-refractivity contribution is 0.0409. The average molecular weight is 325 g/mol. The Morgan fingerprint density at radius 2 is 2.26 bits per heavy atom. The van der Waals surface area contributed by atoms with Gasteiger partial charge in [0.1, 0.15) is 11.4 Å². The normalized spacial score (nSPS) is 30.7. The van der Waals surface area contributed by atoms with Gasteiger partial charge < -0.3 is 10.5 Å². The highest BCUT2D eigenvalue weighted by atomic mass is 79.9. The molecule has 1 aromatic carbocycles. The summed E-state index contributed by atoms with van der Waals surface area (Å²) in [4.78, 5) is 2.48. The van der Waals surface area contributed by atoms with E-state index in [2.05, 4.69) is 40.7 Å². The first-order chi connectivity index (χ1) is 8.99. The molecule has 1 fully saturated rings. The third kappa shape index (κ3) is 2.41. The third-order valence-electron chi connectivity index (χ3n) is 4.37. The molecule has 0 radical (unpaired) electrons. The van der Waals surface area contributed by atoms with Crippen LogP contribution in [0.2, 0.25) is 0 Å². The molecule has 1 aromatic rings. The molecule has 0 saturated carbocycles. The SMILES string of the molecule is CC(C)N1CCC2(C[C@@H](N)c3cc(Br)ccc3O2)C1. The van der Waals surface area contributed by atoms with Crippen LogP contribution in [0.25, 0.3) is 0 Å². The maximum atomic E-state index is 6.37. The van der Waals surface area contributed by atoms with Gasteiger partial charge in [-0.05, 0) is 32.0 Å². The molecule has 1 unspecified atom stereocenters. The van der Waals surface area contributed by atoms with Crippen LogP contribution < -0.4 is 10.5 Å². The fourth-order valence-corrected chi connectivity index (χ4v) is 3.63. The largest absolute Gasteiger partial charge is 0.485 e. The number of nitrogens with zero attached hydrogens (tertiary/aromatic N) is 1. The fourth-order valence-electron chi connectivity index (χ4n) is 3.25. The van der Waals surface area contributed by atoms with Gasteiger partial charge in [0.05, 0.1) is 0 Å². The lowest BCUT2D eigenvalue weighted by Crippen LogP contribution is -2.46. The lowest BCUT2D eigenvalue weighted by atomic mass is 9.87. The number of halogens is 1. The molecule has 4 heteroatoms. The van der Waals surface area contributed by atoms with Crippen molar-refractivity contribution in [3.63, 3.8) is 0 Å². The van der Waals surface area contributed by atoms with Gasteiger partial charge in [-0.2, -0.15) is 0 Å². The Morgan fingerprint density at radius 3 is 2.95 bits per heavy atom. The average Bonchev–Trinajstić information content (AvgIpc) is 2.74. The Morgan fingerprint density at radius 1 is 1.47 bits per heavy atom. The zero-order chi connectivity index (χ0) is 13.6. The fraction of sp³-hybridized carbons (Fsp3) is 0.600. The van der Waals surface area contributed by atoms with E-state index in [0.717, 1.165) is 41.7 Å². The van der Waals surface area contributed by atoms with Crippen LogP contribution in [-0.4, -0.2) is 29.6 Å². The molecule has 0 amide bonds. The standard InChI is InChI=1S/C15H21BrN2O/c1-10(2)18-6-5-15(9-18)8-13(17)12-7-11(16)3-4-14(12)19-15/h3-4,7,10,13H,5-6,8-9,17H2,1-2H3/t13-,15?/m1/s1. The van der Waals surface area contributed by atoms with Gasteiger partial charge in [0, 0.05) is 48.1 Å². The number of nitrogens with two attached hydrogens (primary N) is 1. The van der Waals surface area contributed by atoms with Crippen LogP contribution in [0.5, 0.6) is 5.75 Å². The quantitative estimate of drug-likeness (QED) is 0.862. The maximum Gasteiger partial charge on any atom is 0.125 e. The Balaban J connectivity index is 1.87. The molecule has 0 aliphatic carbocycles. The van der Waals surface area contributed by atoms with Crippen LogP contribution in [0.1, 0.15) is 38.3 Å². The van der Waals surface area contributed by atoms with E-state index in [0.29, 0.717) is 6.04 Å². The first-order valence-corrected chi connectivity index (χ1v) is 7.76. The first kappa shape index (κ1) is 13.4. The van der Waals surface area contributed by atoms with Crippen LogP contribution in [0.3, 0.4) is 0 Å². The lowest BCUT2D eigenvalue weighted by Gasteiger charge is -2.39. The summed E-state index contributed by atoms with van der Waals surface area (Å²) >= 11 is 3.50. The van der Waals surface area contributed by atoms with Crippen molar-refractivity contribution in [3.8, 4) is 5.75 Å². The van der Waals surface area contributed by atoms with Crippen molar-refractivity contribution in [2.45, 2.75) is 44.4 Å². The summed E-state index contributed by atoms with van der Waals surface area (Å²) in [5, 5.41) is 0. The number of benzene rings is 1. The molecule has 2 aliphatic heterocycles. The van der Waals surface area contributed by atoms with Crippen molar-refractivity contribution in [1.29, 1.82) is 0 Å². The number of hydrogen-bond acceptors (Lipinski definition) is 3. The molecular formula is C15H21BrN2O. The summed E-state index contributed by atoms with van der Waals surface area (Å²) in [6.07, 6.45) is 1.99.